The van der Waals surface area contributed by atoms with Gasteiger partial charge in [-0.1, -0.05) is 63.7 Å². The smallest absolute Gasteiger partial charge is 0.141 e. The Kier molecular flexibility index (Phi) is 4.20. The largest absolute Gasteiger partial charge is 0.455 e. The van der Waals surface area contributed by atoms with Crippen molar-refractivity contribution in [3.63, 3.8) is 0 Å². The van der Waals surface area contributed by atoms with Gasteiger partial charge in [0.2, 0.25) is 0 Å². The van der Waals surface area contributed by atoms with Gasteiger partial charge in [0.25, 0.3) is 0 Å². The monoisotopic (exact) mass is 272 g/mol. The van der Waals surface area contributed by atoms with Crippen molar-refractivity contribution in [3.8, 4) is 11.5 Å². The molecule has 1 heterocycles. The fraction of sp³-hybridized carbons (Fsp3) is 0.294. The highest BCUT2D eigenvalue weighted by Gasteiger charge is 2.15. The van der Waals surface area contributed by atoms with Gasteiger partial charge in [-0.3, -0.25) is 0 Å². The molecule has 0 fully saturated rings. The Morgan fingerprint density at radius 3 is 1.53 bits per heavy atom. The lowest BCUT2D eigenvalue weighted by Gasteiger charge is -2.18. The van der Waals surface area contributed by atoms with Crippen molar-refractivity contribution in [1.29, 1.82) is 0 Å². The average molecular weight is 272 g/mol. The summed E-state index contributed by atoms with van der Waals surface area (Å²) in [6, 6.07) is 16.2. The molecule has 0 saturated carbocycles. The Hall–Kier alpha value is -1.41. The molecule has 0 N–H and O–H groups in total. The summed E-state index contributed by atoms with van der Waals surface area (Å²) in [5, 5.41) is 0. The molecule has 0 radical (unpaired) electrons. The van der Waals surface area contributed by atoms with Crippen LogP contribution in [0.1, 0.15) is 27.7 Å². The molecule has 0 bridgehead atoms. The lowest BCUT2D eigenvalue weighted by molar-refractivity contribution is 0.454. The highest BCUT2D eigenvalue weighted by atomic mass is 32.2. The van der Waals surface area contributed by atoms with Gasteiger partial charge < -0.3 is 4.74 Å². The van der Waals surface area contributed by atoms with Crippen molar-refractivity contribution >= 4 is 11.8 Å². The molecule has 1 aliphatic heterocycles. The van der Waals surface area contributed by atoms with Crippen molar-refractivity contribution in [1.82, 2.24) is 0 Å². The molecular formula is C17H20OS. The number of para-hydroxylation sites is 2. The van der Waals surface area contributed by atoms with Crippen LogP contribution in [-0.2, 0) is 0 Å². The molecule has 100 valence electrons. The number of hydrogen-bond acceptors (Lipinski definition) is 2. The third kappa shape index (κ3) is 4.32. The number of rotatable bonds is 0. The second-order valence-electron chi connectivity index (χ2n) is 6.10. The minimum atomic E-state index is 0.500. The van der Waals surface area contributed by atoms with Crippen LogP contribution in [0.2, 0.25) is 0 Å². The van der Waals surface area contributed by atoms with Crippen LogP contribution in [0.4, 0.5) is 0 Å². The van der Waals surface area contributed by atoms with Crippen LogP contribution in [0.15, 0.2) is 58.3 Å². The van der Waals surface area contributed by atoms with Crippen molar-refractivity contribution in [3.05, 3.63) is 48.5 Å². The summed E-state index contributed by atoms with van der Waals surface area (Å²) in [4.78, 5) is 2.37. The zero-order valence-electron chi connectivity index (χ0n) is 11.9. The van der Waals surface area contributed by atoms with Gasteiger partial charge in [-0.05, 0) is 29.7 Å². The highest BCUT2D eigenvalue weighted by Crippen LogP contribution is 2.46. The first-order valence-corrected chi connectivity index (χ1v) is 7.29. The van der Waals surface area contributed by atoms with Crippen LogP contribution in [0.3, 0.4) is 0 Å². The van der Waals surface area contributed by atoms with Gasteiger partial charge in [0.05, 0.1) is 9.79 Å². The summed E-state index contributed by atoms with van der Waals surface area (Å²) in [5.41, 5.74) is 0.500. The molecule has 0 aromatic heterocycles. The molecule has 2 heteroatoms. The van der Waals surface area contributed by atoms with Gasteiger partial charge in [0, 0.05) is 0 Å². The van der Waals surface area contributed by atoms with Gasteiger partial charge in [-0.25, -0.2) is 0 Å². The topological polar surface area (TPSA) is 9.23 Å². The molecule has 19 heavy (non-hydrogen) atoms. The first kappa shape index (κ1) is 14.0. The van der Waals surface area contributed by atoms with Crippen molar-refractivity contribution < 1.29 is 4.74 Å². The maximum atomic E-state index is 5.76. The van der Waals surface area contributed by atoms with E-state index in [9.17, 15) is 0 Å². The molecule has 0 amide bonds. The van der Waals surface area contributed by atoms with E-state index in [0.29, 0.717) is 5.41 Å². The molecule has 0 aliphatic carbocycles. The summed E-state index contributed by atoms with van der Waals surface area (Å²) >= 11 is 1.76. The highest BCUT2D eigenvalue weighted by molar-refractivity contribution is 7.99. The van der Waals surface area contributed by atoms with E-state index in [1.807, 2.05) is 36.4 Å². The number of ether oxygens (including phenoxy) is 1. The van der Waals surface area contributed by atoms with Crippen molar-refractivity contribution in [2.24, 2.45) is 5.41 Å². The van der Waals surface area contributed by atoms with Gasteiger partial charge in [0.1, 0.15) is 11.5 Å². The second-order valence-corrected chi connectivity index (χ2v) is 7.18. The molecule has 2 aromatic rings. The number of hydrogen-bond donors (Lipinski definition) is 0. The molecule has 0 unspecified atom stereocenters. The standard InChI is InChI=1S/C12H8OS.C5H12/c1-3-7-11-9(5-1)13-10-6-2-4-8-12(10)14-11;1-5(2,3)4/h1-8H;1-4H3. The fourth-order valence-corrected chi connectivity index (χ4v) is 2.43. The first-order chi connectivity index (χ1) is 8.93. The van der Waals surface area contributed by atoms with Gasteiger partial charge in [-0.2, -0.15) is 0 Å². The Morgan fingerprint density at radius 2 is 1.11 bits per heavy atom. The normalized spacial score (nSPS) is 12.4. The summed E-state index contributed by atoms with van der Waals surface area (Å²) < 4.78 is 5.76. The molecule has 0 spiro atoms. The minimum Gasteiger partial charge on any atom is -0.455 e. The van der Waals surface area contributed by atoms with E-state index < -0.39 is 0 Å². The summed E-state index contributed by atoms with van der Waals surface area (Å²) in [6.07, 6.45) is 0. The fourth-order valence-electron chi connectivity index (χ4n) is 1.47. The first-order valence-electron chi connectivity index (χ1n) is 6.47. The molecule has 0 atom stereocenters. The Morgan fingerprint density at radius 1 is 0.737 bits per heavy atom. The lowest BCUT2D eigenvalue weighted by Crippen LogP contribution is -1.93. The van der Waals surface area contributed by atoms with E-state index in [0.717, 1.165) is 11.5 Å². The maximum Gasteiger partial charge on any atom is 0.141 e. The third-order valence-corrected chi connectivity index (χ3v) is 3.25. The Bertz CT molecular complexity index is 462. The predicted molar refractivity (Wildman–Crippen MR) is 82.2 cm³/mol. The SMILES string of the molecule is CC(C)(C)C.c1ccc2c(c1)Oc1ccccc1S2. The predicted octanol–water partition coefficient (Wildman–Crippen LogP) is 6.00. The summed E-state index contributed by atoms with van der Waals surface area (Å²) in [6.45, 7) is 8.75. The summed E-state index contributed by atoms with van der Waals surface area (Å²) in [7, 11) is 0. The van der Waals surface area contributed by atoms with E-state index in [-0.39, 0.29) is 0 Å². The van der Waals surface area contributed by atoms with Gasteiger partial charge >= 0.3 is 0 Å². The van der Waals surface area contributed by atoms with Crippen LogP contribution in [0, 0.1) is 5.41 Å². The molecule has 2 aromatic carbocycles. The van der Waals surface area contributed by atoms with Crippen LogP contribution in [-0.4, -0.2) is 0 Å². The minimum absolute atomic E-state index is 0.500. The van der Waals surface area contributed by atoms with Gasteiger partial charge in [-0.15, -0.1) is 0 Å². The lowest BCUT2D eigenvalue weighted by atomic mass is 10.0. The second kappa shape index (κ2) is 5.70. The maximum absolute atomic E-state index is 5.76. The number of fused-ring (bicyclic) bond motifs is 2. The van der Waals surface area contributed by atoms with Crippen molar-refractivity contribution in [2.75, 3.05) is 0 Å². The molecule has 1 aliphatic rings. The quantitative estimate of drug-likeness (QED) is 0.496. The van der Waals surface area contributed by atoms with Crippen LogP contribution in [0.25, 0.3) is 0 Å². The van der Waals surface area contributed by atoms with E-state index in [2.05, 4.69) is 39.8 Å². The van der Waals surface area contributed by atoms with E-state index in [1.54, 1.807) is 11.8 Å². The Labute approximate surface area is 120 Å². The molecular weight excluding hydrogens is 252 g/mol. The van der Waals surface area contributed by atoms with Crippen molar-refractivity contribution in [2.45, 2.75) is 37.5 Å². The van der Waals surface area contributed by atoms with E-state index in [4.69, 9.17) is 4.74 Å². The van der Waals surface area contributed by atoms with Crippen LogP contribution in [0.5, 0.6) is 11.5 Å². The van der Waals surface area contributed by atoms with E-state index >= 15 is 0 Å². The zero-order chi connectivity index (χ0) is 13.9. The molecule has 1 nitrogen and oxygen atoms in total. The van der Waals surface area contributed by atoms with Crippen LogP contribution >= 0.6 is 11.8 Å². The molecule has 0 saturated heterocycles. The third-order valence-electron chi connectivity index (χ3n) is 2.14. The zero-order valence-corrected chi connectivity index (χ0v) is 12.8. The number of benzene rings is 2. The summed E-state index contributed by atoms with van der Waals surface area (Å²) in [5.74, 6) is 1.91. The van der Waals surface area contributed by atoms with E-state index in [1.165, 1.54) is 9.79 Å². The average Bonchev–Trinajstić information content (AvgIpc) is 2.34. The van der Waals surface area contributed by atoms with Gasteiger partial charge in [0.15, 0.2) is 0 Å². The molecule has 3 rings (SSSR count). The van der Waals surface area contributed by atoms with Crippen LogP contribution < -0.4 is 4.74 Å². The Balaban J connectivity index is 0.000000232.